The maximum atomic E-state index is 5.90. The highest BCUT2D eigenvalue weighted by atomic mass is 32.2. The third kappa shape index (κ3) is 1.75. The van der Waals surface area contributed by atoms with Gasteiger partial charge in [-0.3, -0.25) is 4.68 Å². The van der Waals surface area contributed by atoms with Gasteiger partial charge in [0.2, 0.25) is 0 Å². The molecule has 0 aromatic carbocycles. The molecule has 0 amide bonds. The first-order valence-corrected chi connectivity index (χ1v) is 6.25. The quantitative estimate of drug-likeness (QED) is 0.812. The highest BCUT2D eigenvalue weighted by Crippen LogP contribution is 2.28. The number of rotatable bonds is 2. The molecule has 2 rings (SSSR count). The van der Waals surface area contributed by atoms with Gasteiger partial charge in [0.1, 0.15) is 5.82 Å². The number of thioether (sulfide) groups is 1. The van der Waals surface area contributed by atoms with Crippen molar-refractivity contribution in [1.82, 2.24) is 9.78 Å². The lowest BCUT2D eigenvalue weighted by Gasteiger charge is -2.14. The van der Waals surface area contributed by atoms with Crippen molar-refractivity contribution in [3.05, 3.63) is 11.3 Å². The lowest BCUT2D eigenvalue weighted by atomic mass is 10.1. The molecule has 1 aliphatic rings. The second kappa shape index (κ2) is 3.85. The standard InChI is InChI=1S/C10H17N3S/c1-7(2)5-13-9-6-14-4-3-8(9)10(11)12-13/h7H,3-6H2,1-2H3,(H2,11,12). The van der Waals surface area contributed by atoms with Crippen LogP contribution in [0.3, 0.4) is 0 Å². The Morgan fingerprint density at radius 1 is 1.57 bits per heavy atom. The van der Waals surface area contributed by atoms with E-state index < -0.39 is 0 Å². The van der Waals surface area contributed by atoms with Gasteiger partial charge in [-0.2, -0.15) is 16.9 Å². The van der Waals surface area contributed by atoms with Crippen molar-refractivity contribution >= 4 is 17.6 Å². The van der Waals surface area contributed by atoms with E-state index in [9.17, 15) is 0 Å². The zero-order valence-corrected chi connectivity index (χ0v) is 9.60. The highest BCUT2D eigenvalue weighted by molar-refractivity contribution is 7.98. The van der Waals surface area contributed by atoms with Gasteiger partial charge in [0, 0.05) is 17.9 Å². The zero-order valence-electron chi connectivity index (χ0n) is 8.79. The molecule has 14 heavy (non-hydrogen) atoms. The summed E-state index contributed by atoms with van der Waals surface area (Å²) in [5, 5.41) is 4.41. The van der Waals surface area contributed by atoms with E-state index in [1.165, 1.54) is 17.0 Å². The molecule has 78 valence electrons. The number of nitrogens with two attached hydrogens (primary N) is 1. The molecule has 1 aromatic rings. The average molecular weight is 211 g/mol. The van der Waals surface area contributed by atoms with Crippen molar-refractivity contribution in [2.24, 2.45) is 5.92 Å². The molecular formula is C10H17N3S. The summed E-state index contributed by atoms with van der Waals surface area (Å²) in [6.07, 6.45) is 1.09. The minimum atomic E-state index is 0.630. The predicted molar refractivity (Wildman–Crippen MR) is 61.3 cm³/mol. The Hall–Kier alpha value is -0.640. The fourth-order valence-electron chi connectivity index (χ4n) is 1.83. The van der Waals surface area contributed by atoms with Crippen LogP contribution in [0.4, 0.5) is 5.82 Å². The number of nitrogens with zero attached hydrogens (tertiary/aromatic N) is 2. The third-order valence-electron chi connectivity index (χ3n) is 2.47. The number of hydrogen-bond acceptors (Lipinski definition) is 3. The van der Waals surface area contributed by atoms with Crippen LogP contribution in [0, 0.1) is 5.92 Å². The molecule has 1 aliphatic heterocycles. The maximum Gasteiger partial charge on any atom is 0.148 e. The first-order chi connectivity index (χ1) is 6.68. The fourth-order valence-corrected chi connectivity index (χ4v) is 2.84. The predicted octanol–water partition coefficient (Wildman–Crippen LogP) is 1.91. The van der Waals surface area contributed by atoms with E-state index in [-0.39, 0.29) is 0 Å². The van der Waals surface area contributed by atoms with Crippen LogP contribution < -0.4 is 5.73 Å². The number of anilines is 1. The fraction of sp³-hybridized carbons (Fsp3) is 0.700. The first-order valence-electron chi connectivity index (χ1n) is 5.10. The van der Waals surface area contributed by atoms with Crippen LogP contribution in [-0.4, -0.2) is 15.5 Å². The minimum Gasteiger partial charge on any atom is -0.382 e. The Kier molecular flexibility index (Phi) is 2.72. The number of nitrogen functional groups attached to an aromatic ring is 1. The van der Waals surface area contributed by atoms with Gasteiger partial charge in [-0.1, -0.05) is 13.8 Å². The van der Waals surface area contributed by atoms with Crippen LogP contribution in [0.25, 0.3) is 0 Å². The van der Waals surface area contributed by atoms with Gasteiger partial charge in [0.15, 0.2) is 0 Å². The summed E-state index contributed by atoms with van der Waals surface area (Å²) in [5.74, 6) is 3.64. The summed E-state index contributed by atoms with van der Waals surface area (Å²) in [6.45, 7) is 5.40. The Morgan fingerprint density at radius 3 is 3.07 bits per heavy atom. The largest absolute Gasteiger partial charge is 0.382 e. The highest BCUT2D eigenvalue weighted by Gasteiger charge is 2.19. The van der Waals surface area contributed by atoms with Crippen molar-refractivity contribution < 1.29 is 0 Å². The van der Waals surface area contributed by atoms with Gasteiger partial charge in [-0.25, -0.2) is 0 Å². The Morgan fingerprint density at radius 2 is 2.36 bits per heavy atom. The van der Waals surface area contributed by atoms with Crippen molar-refractivity contribution in [3.63, 3.8) is 0 Å². The molecule has 0 bridgehead atoms. The van der Waals surface area contributed by atoms with Crippen LogP contribution in [0.5, 0.6) is 0 Å². The number of fused-ring (bicyclic) bond motifs is 1. The van der Waals surface area contributed by atoms with Gasteiger partial charge >= 0.3 is 0 Å². The molecule has 4 heteroatoms. The normalized spacial score (nSPS) is 15.9. The molecule has 0 atom stereocenters. The van der Waals surface area contributed by atoms with Crippen LogP contribution in [0.15, 0.2) is 0 Å². The lowest BCUT2D eigenvalue weighted by Crippen LogP contribution is -2.12. The van der Waals surface area contributed by atoms with E-state index in [2.05, 4.69) is 23.6 Å². The van der Waals surface area contributed by atoms with E-state index in [4.69, 9.17) is 5.73 Å². The first kappa shape index (κ1) is 9.90. The van der Waals surface area contributed by atoms with Gasteiger partial charge < -0.3 is 5.73 Å². The third-order valence-corrected chi connectivity index (χ3v) is 3.44. The van der Waals surface area contributed by atoms with Crippen LogP contribution in [0.1, 0.15) is 25.1 Å². The van der Waals surface area contributed by atoms with E-state index >= 15 is 0 Å². The second-order valence-corrected chi connectivity index (χ2v) is 5.29. The minimum absolute atomic E-state index is 0.630. The van der Waals surface area contributed by atoms with Crippen LogP contribution in [-0.2, 0) is 18.7 Å². The molecule has 3 nitrogen and oxygen atoms in total. The van der Waals surface area contributed by atoms with Crippen molar-refractivity contribution in [1.29, 1.82) is 0 Å². The smallest absolute Gasteiger partial charge is 0.148 e. The Bertz CT molecular complexity index is 330. The average Bonchev–Trinajstić information content (AvgIpc) is 2.44. The summed E-state index contributed by atoms with van der Waals surface area (Å²) in [5.41, 5.74) is 8.55. The summed E-state index contributed by atoms with van der Waals surface area (Å²) in [6, 6.07) is 0. The van der Waals surface area contributed by atoms with Crippen LogP contribution in [0.2, 0.25) is 0 Å². The van der Waals surface area contributed by atoms with Gasteiger partial charge in [-0.05, 0) is 18.1 Å². The molecule has 0 aliphatic carbocycles. The molecule has 1 aromatic heterocycles. The van der Waals surface area contributed by atoms with Crippen molar-refractivity contribution in [2.75, 3.05) is 11.5 Å². The van der Waals surface area contributed by atoms with Crippen molar-refractivity contribution in [2.45, 2.75) is 32.6 Å². The summed E-state index contributed by atoms with van der Waals surface area (Å²) < 4.78 is 2.10. The SMILES string of the molecule is CC(C)Cn1nc(N)c2c1CSCC2. The monoisotopic (exact) mass is 211 g/mol. The van der Waals surface area contributed by atoms with E-state index in [0.717, 1.165) is 24.5 Å². The zero-order chi connectivity index (χ0) is 10.1. The van der Waals surface area contributed by atoms with Gasteiger partial charge in [0.05, 0.1) is 5.69 Å². The van der Waals surface area contributed by atoms with E-state index in [1.54, 1.807) is 0 Å². The van der Waals surface area contributed by atoms with Gasteiger partial charge in [-0.15, -0.1) is 0 Å². The molecule has 0 spiro atoms. The summed E-state index contributed by atoms with van der Waals surface area (Å²) in [7, 11) is 0. The van der Waals surface area contributed by atoms with E-state index in [0.29, 0.717) is 5.92 Å². The Labute approximate surface area is 89.1 Å². The lowest BCUT2D eigenvalue weighted by molar-refractivity contribution is 0.474. The number of hydrogen-bond donors (Lipinski definition) is 1. The Balaban J connectivity index is 2.31. The van der Waals surface area contributed by atoms with Crippen molar-refractivity contribution in [3.8, 4) is 0 Å². The molecule has 0 radical (unpaired) electrons. The second-order valence-electron chi connectivity index (χ2n) is 4.19. The molecule has 0 saturated heterocycles. The topological polar surface area (TPSA) is 43.8 Å². The summed E-state index contributed by atoms with van der Waals surface area (Å²) >= 11 is 1.98. The molecule has 0 fully saturated rings. The molecular weight excluding hydrogens is 194 g/mol. The molecule has 2 N–H and O–H groups in total. The molecule has 0 saturated carbocycles. The molecule has 0 unspecified atom stereocenters. The van der Waals surface area contributed by atoms with E-state index in [1.807, 2.05) is 11.8 Å². The maximum absolute atomic E-state index is 5.90. The number of aromatic nitrogens is 2. The van der Waals surface area contributed by atoms with Gasteiger partial charge in [0.25, 0.3) is 0 Å². The molecule has 2 heterocycles. The van der Waals surface area contributed by atoms with Crippen LogP contribution >= 0.6 is 11.8 Å². The summed E-state index contributed by atoms with van der Waals surface area (Å²) in [4.78, 5) is 0.